The van der Waals surface area contributed by atoms with Gasteiger partial charge in [-0.2, -0.15) is 0 Å². The number of nitrogens with one attached hydrogen (secondary N) is 2. The zero-order chi connectivity index (χ0) is 33.7. The summed E-state index contributed by atoms with van der Waals surface area (Å²) in [6.45, 7) is 0. The maximum absolute atomic E-state index is 8.59. The van der Waals surface area contributed by atoms with Crippen LogP contribution in [0.2, 0.25) is 0 Å². The first kappa shape index (κ1) is 29.6. The first-order valence-electron chi connectivity index (χ1n) is 16.8. The first-order valence-corrected chi connectivity index (χ1v) is 16.8. The van der Waals surface area contributed by atoms with Crippen molar-refractivity contribution in [1.29, 1.82) is 10.8 Å². The summed E-state index contributed by atoms with van der Waals surface area (Å²) in [5, 5.41) is 16.9. The lowest BCUT2D eigenvalue weighted by atomic mass is 9.66. The van der Waals surface area contributed by atoms with E-state index in [-0.39, 0.29) is 0 Å². The lowest BCUT2D eigenvalue weighted by Crippen LogP contribution is -2.32. The number of hydrogen-bond donors (Lipinski definition) is 2. The Morgan fingerprint density at radius 3 is 1.58 bits per heavy atom. The van der Waals surface area contributed by atoms with E-state index in [1.54, 1.807) is 12.2 Å². The molecule has 3 nitrogen and oxygen atoms in total. The van der Waals surface area contributed by atoms with Gasteiger partial charge in [0.25, 0.3) is 0 Å². The third kappa shape index (κ3) is 4.67. The molecule has 1 aliphatic heterocycles. The minimum absolute atomic E-state index is 0.368. The lowest BCUT2D eigenvalue weighted by molar-refractivity contribution is 0.436. The van der Waals surface area contributed by atoms with Gasteiger partial charge in [-0.3, -0.25) is 0 Å². The van der Waals surface area contributed by atoms with Crippen molar-refractivity contribution in [3.05, 3.63) is 215 Å². The third-order valence-corrected chi connectivity index (χ3v) is 10.1. The van der Waals surface area contributed by atoms with Crippen molar-refractivity contribution < 1.29 is 4.74 Å². The van der Waals surface area contributed by atoms with Gasteiger partial charge in [-0.15, -0.1) is 0 Å². The van der Waals surface area contributed by atoms with Gasteiger partial charge in [0.2, 0.25) is 0 Å². The number of benzene rings is 7. The summed E-state index contributed by atoms with van der Waals surface area (Å²) in [4.78, 5) is 0. The van der Waals surface area contributed by atoms with Gasteiger partial charge in [0.15, 0.2) is 0 Å². The number of allylic oxidation sites excluding steroid dienone is 2. The van der Waals surface area contributed by atoms with Crippen LogP contribution >= 0.6 is 0 Å². The Labute approximate surface area is 291 Å². The molecule has 0 saturated heterocycles. The Morgan fingerprint density at radius 1 is 0.400 bits per heavy atom. The van der Waals surface area contributed by atoms with Gasteiger partial charge in [-0.1, -0.05) is 146 Å². The van der Waals surface area contributed by atoms with Crippen LogP contribution in [0.5, 0.6) is 11.5 Å². The molecule has 1 spiro atoms. The van der Waals surface area contributed by atoms with E-state index in [1.807, 2.05) is 48.5 Å². The molecule has 50 heavy (non-hydrogen) atoms. The maximum Gasteiger partial charge on any atom is 0.132 e. The van der Waals surface area contributed by atoms with Crippen molar-refractivity contribution in [2.24, 2.45) is 0 Å². The third-order valence-electron chi connectivity index (χ3n) is 10.1. The van der Waals surface area contributed by atoms with Crippen molar-refractivity contribution in [3.8, 4) is 44.9 Å². The molecule has 0 saturated carbocycles. The SMILES string of the molecule is N=C(/C=C\C(=N)c1ccc(-c2cccc(-c3ccc4c(c3)C3(c5ccccc5O4)c4ccccc4-c4ccccc43)c2)cc1)c1ccccc1. The summed E-state index contributed by atoms with van der Waals surface area (Å²) in [5.74, 6) is 1.77. The molecule has 7 aromatic carbocycles. The molecule has 1 aliphatic carbocycles. The molecular weight excluding hydrogens is 609 g/mol. The lowest BCUT2D eigenvalue weighted by Gasteiger charge is -2.39. The Hall–Kier alpha value is -6.58. The highest BCUT2D eigenvalue weighted by molar-refractivity contribution is 6.13. The molecule has 3 heteroatoms. The van der Waals surface area contributed by atoms with Gasteiger partial charge in [0.05, 0.1) is 16.8 Å². The van der Waals surface area contributed by atoms with Crippen LogP contribution in [-0.4, -0.2) is 11.4 Å². The molecule has 0 unspecified atom stereocenters. The second-order valence-corrected chi connectivity index (χ2v) is 12.8. The van der Waals surface area contributed by atoms with Gasteiger partial charge in [0, 0.05) is 11.1 Å². The van der Waals surface area contributed by atoms with E-state index in [9.17, 15) is 0 Å². The van der Waals surface area contributed by atoms with Crippen LogP contribution in [0.3, 0.4) is 0 Å². The fraction of sp³-hybridized carbons (Fsp3) is 0.0213. The maximum atomic E-state index is 8.59. The monoisotopic (exact) mass is 640 g/mol. The van der Waals surface area contributed by atoms with Crippen molar-refractivity contribution in [2.45, 2.75) is 5.41 Å². The number of rotatable bonds is 6. The molecule has 9 rings (SSSR count). The fourth-order valence-electron chi connectivity index (χ4n) is 7.73. The number of ether oxygens (including phenoxy) is 1. The highest BCUT2D eigenvalue weighted by atomic mass is 16.5. The molecule has 7 aromatic rings. The van der Waals surface area contributed by atoms with E-state index in [1.165, 1.54) is 22.3 Å². The van der Waals surface area contributed by atoms with E-state index < -0.39 is 5.41 Å². The largest absolute Gasteiger partial charge is 0.457 e. The molecule has 0 bridgehead atoms. The number of para-hydroxylation sites is 1. The quantitative estimate of drug-likeness (QED) is 0.175. The standard InChI is InChI=1S/C47H32N2O/c48-43(32-11-2-1-3-12-32)26-27-44(49)33-23-21-31(22-24-33)34-13-10-14-35(29-34)36-25-28-46-42(30-36)47(41-19-8-9-20-45(41)50-46)39-17-6-4-15-37(39)38-16-5-7-18-40(38)47/h1-30,48-49H/b27-26-,48-43?,49-44?. The second-order valence-electron chi connectivity index (χ2n) is 12.8. The van der Waals surface area contributed by atoms with Crippen LogP contribution < -0.4 is 4.74 Å². The summed E-state index contributed by atoms with van der Waals surface area (Å²) in [6, 6.07) is 59.0. The summed E-state index contributed by atoms with van der Waals surface area (Å²) < 4.78 is 6.63. The van der Waals surface area contributed by atoms with Crippen LogP contribution in [0.25, 0.3) is 33.4 Å². The van der Waals surface area contributed by atoms with Crippen LogP contribution in [0, 0.1) is 10.8 Å². The predicted molar refractivity (Wildman–Crippen MR) is 204 cm³/mol. The molecule has 0 fully saturated rings. The van der Waals surface area contributed by atoms with Gasteiger partial charge in [0.1, 0.15) is 11.5 Å². The van der Waals surface area contributed by atoms with Crippen LogP contribution in [-0.2, 0) is 5.41 Å². The zero-order valence-electron chi connectivity index (χ0n) is 27.2. The normalized spacial score (nSPS) is 13.2. The summed E-state index contributed by atoms with van der Waals surface area (Å²) in [6.07, 6.45) is 3.38. The van der Waals surface area contributed by atoms with Gasteiger partial charge in [-0.25, -0.2) is 0 Å². The Morgan fingerprint density at radius 2 is 0.900 bits per heavy atom. The molecule has 0 radical (unpaired) electrons. The van der Waals surface area contributed by atoms with E-state index in [4.69, 9.17) is 15.6 Å². The summed E-state index contributed by atoms with van der Waals surface area (Å²) in [5.41, 5.74) is 13.7. The molecule has 0 aromatic heterocycles. The van der Waals surface area contributed by atoms with Gasteiger partial charge in [-0.05, 0) is 92.1 Å². The van der Waals surface area contributed by atoms with Crippen molar-refractivity contribution in [2.75, 3.05) is 0 Å². The molecule has 236 valence electrons. The highest BCUT2D eigenvalue weighted by Gasteiger charge is 2.50. The summed E-state index contributed by atoms with van der Waals surface area (Å²) >= 11 is 0. The Balaban J connectivity index is 1.08. The molecule has 2 aliphatic rings. The van der Waals surface area contributed by atoms with Crippen molar-refractivity contribution in [3.63, 3.8) is 0 Å². The van der Waals surface area contributed by atoms with Crippen LogP contribution in [0.1, 0.15) is 33.4 Å². The van der Waals surface area contributed by atoms with Gasteiger partial charge < -0.3 is 15.6 Å². The van der Waals surface area contributed by atoms with E-state index in [0.717, 1.165) is 56.0 Å². The zero-order valence-corrected chi connectivity index (χ0v) is 27.2. The molecule has 0 amide bonds. The van der Waals surface area contributed by atoms with E-state index in [2.05, 4.69) is 121 Å². The predicted octanol–water partition coefficient (Wildman–Crippen LogP) is 11.5. The molecule has 1 heterocycles. The number of hydrogen-bond acceptors (Lipinski definition) is 3. The number of fused-ring (bicyclic) bond motifs is 9. The van der Waals surface area contributed by atoms with Crippen LogP contribution in [0.4, 0.5) is 0 Å². The molecule has 2 N–H and O–H groups in total. The minimum Gasteiger partial charge on any atom is -0.457 e. The first-order chi connectivity index (χ1) is 24.6. The average Bonchev–Trinajstić information content (AvgIpc) is 3.48. The summed E-state index contributed by atoms with van der Waals surface area (Å²) in [7, 11) is 0. The Kier molecular flexibility index (Phi) is 6.99. The highest BCUT2D eigenvalue weighted by Crippen LogP contribution is 2.62. The molecular formula is C47H32N2O. The topological polar surface area (TPSA) is 56.9 Å². The molecule has 0 atom stereocenters. The smallest absolute Gasteiger partial charge is 0.132 e. The van der Waals surface area contributed by atoms with E-state index in [0.29, 0.717) is 11.4 Å². The van der Waals surface area contributed by atoms with Crippen LogP contribution in [0.15, 0.2) is 182 Å². The van der Waals surface area contributed by atoms with Crippen molar-refractivity contribution in [1.82, 2.24) is 0 Å². The fourth-order valence-corrected chi connectivity index (χ4v) is 7.73. The Bertz CT molecular complexity index is 2450. The minimum atomic E-state index is -0.501. The van der Waals surface area contributed by atoms with Crippen molar-refractivity contribution >= 4 is 11.4 Å². The van der Waals surface area contributed by atoms with E-state index >= 15 is 0 Å². The second kappa shape index (κ2) is 11.8. The average molecular weight is 641 g/mol. The van der Waals surface area contributed by atoms with Gasteiger partial charge >= 0.3 is 0 Å².